The number of methoxy groups -OCH3 is 1. The molecule has 0 aliphatic carbocycles. The number of nitrogens with one attached hydrogen (secondary N) is 1. The molecule has 1 aromatic heterocycles. The van der Waals surface area contributed by atoms with Crippen LogP contribution in [0.4, 0.5) is 14.6 Å². The van der Waals surface area contributed by atoms with Gasteiger partial charge in [-0.3, -0.25) is 9.36 Å². The first kappa shape index (κ1) is 16.3. The summed E-state index contributed by atoms with van der Waals surface area (Å²) in [7, 11) is 1.57. The Balaban J connectivity index is 1.82. The van der Waals surface area contributed by atoms with Gasteiger partial charge in [0.15, 0.2) is 0 Å². The Morgan fingerprint density at radius 3 is 2.50 bits per heavy atom. The van der Waals surface area contributed by atoms with Crippen molar-refractivity contribution in [3.05, 3.63) is 71.7 Å². The summed E-state index contributed by atoms with van der Waals surface area (Å²) in [6, 6.07) is 10.8. The minimum absolute atomic E-state index is 0.0650. The van der Waals surface area contributed by atoms with Crippen molar-refractivity contribution >= 4 is 11.7 Å². The van der Waals surface area contributed by atoms with E-state index < -0.39 is 17.6 Å². The van der Waals surface area contributed by atoms with Gasteiger partial charge in [-0.25, -0.2) is 13.8 Å². The maximum absolute atomic E-state index is 14.2. The number of nitrogens with zero attached hydrogens (tertiary/aromatic N) is 2. The van der Waals surface area contributed by atoms with Crippen molar-refractivity contribution in [2.24, 2.45) is 0 Å². The zero-order chi connectivity index (χ0) is 18.3. The van der Waals surface area contributed by atoms with Crippen LogP contribution in [0.5, 0.6) is 5.75 Å². The van der Waals surface area contributed by atoms with E-state index in [0.717, 1.165) is 5.69 Å². The molecule has 1 amide bonds. The highest BCUT2D eigenvalue weighted by molar-refractivity contribution is 5.94. The van der Waals surface area contributed by atoms with Crippen LogP contribution >= 0.6 is 0 Å². The first-order valence-electron chi connectivity index (χ1n) is 8.04. The molecule has 3 aromatic rings. The van der Waals surface area contributed by atoms with Gasteiger partial charge in [-0.15, -0.1) is 0 Å². The molecule has 0 spiro atoms. The van der Waals surface area contributed by atoms with E-state index in [1.807, 2.05) is 0 Å². The van der Waals surface area contributed by atoms with Crippen LogP contribution in [0.2, 0.25) is 0 Å². The molecule has 0 radical (unpaired) electrons. The van der Waals surface area contributed by atoms with Crippen molar-refractivity contribution < 1.29 is 18.3 Å². The van der Waals surface area contributed by atoms with Gasteiger partial charge in [0.25, 0.3) is 0 Å². The third-order valence-corrected chi connectivity index (χ3v) is 4.47. The second-order valence-electron chi connectivity index (χ2n) is 5.99. The lowest BCUT2D eigenvalue weighted by atomic mass is 9.89. The summed E-state index contributed by atoms with van der Waals surface area (Å²) < 4.78 is 35.3. The predicted octanol–water partition coefficient (Wildman–Crippen LogP) is 3.63. The molecule has 1 atom stereocenters. The molecular weight excluding hydrogens is 340 g/mol. The Kier molecular flexibility index (Phi) is 3.91. The van der Waals surface area contributed by atoms with Crippen LogP contribution in [-0.2, 0) is 4.79 Å². The van der Waals surface area contributed by atoms with Crippen LogP contribution in [0.25, 0.3) is 5.69 Å². The molecule has 132 valence electrons. The van der Waals surface area contributed by atoms with Crippen molar-refractivity contribution in [2.75, 3.05) is 12.4 Å². The number of carbonyl (C=O) groups excluding carboxylic acids is 1. The van der Waals surface area contributed by atoms with E-state index in [1.54, 1.807) is 35.9 Å². The molecule has 1 aliphatic heterocycles. The summed E-state index contributed by atoms with van der Waals surface area (Å²) in [5, 5.41) is 2.76. The van der Waals surface area contributed by atoms with E-state index in [0.29, 0.717) is 17.3 Å². The number of carbonyl (C=O) groups is 1. The number of aromatic nitrogens is 2. The van der Waals surface area contributed by atoms with Crippen molar-refractivity contribution in [1.82, 2.24) is 9.55 Å². The third kappa shape index (κ3) is 2.61. The van der Waals surface area contributed by atoms with E-state index in [1.165, 1.54) is 24.5 Å². The molecule has 2 heterocycles. The van der Waals surface area contributed by atoms with Crippen molar-refractivity contribution in [1.29, 1.82) is 0 Å². The van der Waals surface area contributed by atoms with E-state index in [9.17, 15) is 13.6 Å². The minimum Gasteiger partial charge on any atom is -0.497 e. The zero-order valence-corrected chi connectivity index (χ0v) is 13.9. The number of fused-ring (bicyclic) bond motifs is 1. The normalized spacial score (nSPS) is 16.1. The lowest BCUT2D eigenvalue weighted by molar-refractivity contribution is -0.116. The zero-order valence-electron chi connectivity index (χ0n) is 13.9. The lowest BCUT2D eigenvalue weighted by Gasteiger charge is -2.24. The monoisotopic (exact) mass is 355 g/mol. The number of imidazole rings is 1. The summed E-state index contributed by atoms with van der Waals surface area (Å²) in [4.78, 5) is 16.5. The Labute approximate surface area is 148 Å². The number of ether oxygens (including phenoxy) is 1. The highest BCUT2D eigenvalue weighted by Crippen LogP contribution is 2.39. The van der Waals surface area contributed by atoms with Crippen molar-refractivity contribution in [3.8, 4) is 11.4 Å². The van der Waals surface area contributed by atoms with Gasteiger partial charge in [0.1, 0.15) is 29.5 Å². The van der Waals surface area contributed by atoms with Crippen LogP contribution in [0.1, 0.15) is 23.6 Å². The summed E-state index contributed by atoms with van der Waals surface area (Å²) >= 11 is 0. The molecule has 26 heavy (non-hydrogen) atoms. The second-order valence-corrected chi connectivity index (χ2v) is 5.99. The maximum Gasteiger partial charge on any atom is 0.226 e. The first-order chi connectivity index (χ1) is 12.6. The van der Waals surface area contributed by atoms with Crippen molar-refractivity contribution in [3.63, 3.8) is 0 Å². The standard InChI is InChI=1S/C19H15F2N3O2/c1-26-12-7-5-11(6-8-12)24-10-22-18-13(9-16(25)23-19(18)24)17-14(20)3-2-4-15(17)21/h2-8,10,13H,9H2,1H3,(H,23,25). The predicted molar refractivity (Wildman–Crippen MR) is 91.6 cm³/mol. The highest BCUT2D eigenvalue weighted by atomic mass is 19.1. The molecule has 0 bridgehead atoms. The van der Waals surface area contributed by atoms with Crippen LogP contribution in [0.3, 0.4) is 0 Å². The second kappa shape index (κ2) is 6.25. The lowest BCUT2D eigenvalue weighted by Crippen LogP contribution is -2.26. The SMILES string of the molecule is COc1ccc(-n2cnc3c2NC(=O)CC3c2c(F)cccc2F)cc1. The fraction of sp³-hybridized carbons (Fsp3) is 0.158. The van der Waals surface area contributed by atoms with Crippen LogP contribution in [0.15, 0.2) is 48.8 Å². The number of halogens is 2. The van der Waals surface area contributed by atoms with E-state index in [2.05, 4.69) is 10.3 Å². The topological polar surface area (TPSA) is 56.1 Å². The van der Waals surface area contributed by atoms with Gasteiger partial charge >= 0.3 is 0 Å². The summed E-state index contributed by atoms with van der Waals surface area (Å²) in [5.74, 6) is -1.36. The Morgan fingerprint density at radius 1 is 1.15 bits per heavy atom. The van der Waals surface area contributed by atoms with Gasteiger partial charge in [-0.2, -0.15) is 0 Å². The van der Waals surface area contributed by atoms with Gasteiger partial charge in [0.2, 0.25) is 5.91 Å². The molecule has 7 heteroatoms. The summed E-state index contributed by atoms with van der Waals surface area (Å²) in [6.07, 6.45) is 1.47. The first-order valence-corrected chi connectivity index (χ1v) is 8.04. The van der Waals surface area contributed by atoms with Crippen LogP contribution in [-0.4, -0.2) is 22.6 Å². The molecule has 5 nitrogen and oxygen atoms in total. The van der Waals surface area contributed by atoms with E-state index >= 15 is 0 Å². The number of amides is 1. The van der Waals surface area contributed by atoms with E-state index in [-0.39, 0.29) is 17.9 Å². The molecule has 2 aromatic carbocycles. The summed E-state index contributed by atoms with van der Waals surface area (Å²) in [5.41, 5.74) is 1.04. The largest absolute Gasteiger partial charge is 0.497 e. The Hall–Kier alpha value is -3.22. The molecular formula is C19H15F2N3O2. The molecule has 0 saturated carbocycles. The Bertz CT molecular complexity index is 963. The molecule has 0 saturated heterocycles. The number of hydrogen-bond donors (Lipinski definition) is 1. The van der Waals surface area contributed by atoms with Crippen molar-refractivity contribution in [2.45, 2.75) is 12.3 Å². The summed E-state index contributed by atoms with van der Waals surface area (Å²) in [6.45, 7) is 0. The van der Waals surface area contributed by atoms with Crippen LogP contribution in [0, 0.1) is 11.6 Å². The molecule has 1 N–H and O–H groups in total. The molecule has 1 aliphatic rings. The number of anilines is 1. The van der Waals surface area contributed by atoms with Gasteiger partial charge < -0.3 is 10.1 Å². The smallest absolute Gasteiger partial charge is 0.226 e. The maximum atomic E-state index is 14.2. The molecule has 1 unspecified atom stereocenters. The number of hydrogen-bond acceptors (Lipinski definition) is 3. The Morgan fingerprint density at radius 2 is 1.85 bits per heavy atom. The van der Waals surface area contributed by atoms with Gasteiger partial charge in [-0.1, -0.05) is 6.07 Å². The van der Waals surface area contributed by atoms with Gasteiger partial charge in [0, 0.05) is 23.6 Å². The highest BCUT2D eigenvalue weighted by Gasteiger charge is 2.34. The fourth-order valence-corrected chi connectivity index (χ4v) is 3.23. The fourth-order valence-electron chi connectivity index (χ4n) is 3.23. The quantitative estimate of drug-likeness (QED) is 0.781. The minimum atomic E-state index is -0.778. The van der Waals surface area contributed by atoms with Gasteiger partial charge in [0.05, 0.1) is 12.8 Å². The molecule has 0 fully saturated rings. The molecule has 4 rings (SSSR count). The van der Waals surface area contributed by atoms with E-state index in [4.69, 9.17) is 4.74 Å². The number of rotatable bonds is 3. The van der Waals surface area contributed by atoms with Gasteiger partial charge in [-0.05, 0) is 36.4 Å². The number of benzene rings is 2. The average Bonchev–Trinajstić information content (AvgIpc) is 3.05. The average molecular weight is 355 g/mol. The third-order valence-electron chi connectivity index (χ3n) is 4.47. The van der Waals surface area contributed by atoms with Crippen LogP contribution < -0.4 is 10.1 Å².